The third kappa shape index (κ3) is 3.50. The topological polar surface area (TPSA) is 52.6 Å². The zero-order valence-electron chi connectivity index (χ0n) is 15.7. The molecular formula is C21H29N3O2. The minimum absolute atomic E-state index is 0.154. The first-order valence-electron chi connectivity index (χ1n) is 9.92. The highest BCUT2D eigenvalue weighted by Gasteiger charge is 2.37. The number of carbonyl (C=O) groups excluding carboxylic acids is 2. The van der Waals surface area contributed by atoms with Crippen molar-refractivity contribution < 1.29 is 9.59 Å². The summed E-state index contributed by atoms with van der Waals surface area (Å²) in [4.78, 5) is 28.3. The van der Waals surface area contributed by atoms with E-state index in [-0.39, 0.29) is 17.7 Å². The van der Waals surface area contributed by atoms with Gasteiger partial charge in [0.05, 0.1) is 5.92 Å². The molecule has 5 heteroatoms. The lowest BCUT2D eigenvalue weighted by Crippen LogP contribution is -2.46. The second kappa shape index (κ2) is 7.03. The SMILES string of the molecule is CN1CCC2(CC1)CCN(c1ccc(C3CCC(=O)NC3=O)cc1)CC2. The number of rotatable bonds is 2. The molecule has 1 aromatic carbocycles. The number of piperidine rings is 3. The number of likely N-dealkylation sites (tertiary alicyclic amines) is 1. The molecule has 0 aromatic heterocycles. The van der Waals surface area contributed by atoms with Crippen LogP contribution in [0.4, 0.5) is 5.69 Å². The van der Waals surface area contributed by atoms with E-state index in [1.54, 1.807) is 0 Å². The van der Waals surface area contributed by atoms with Crippen LogP contribution in [-0.2, 0) is 9.59 Å². The molecule has 2 amide bonds. The monoisotopic (exact) mass is 355 g/mol. The van der Waals surface area contributed by atoms with Gasteiger partial charge in [0.15, 0.2) is 0 Å². The molecular weight excluding hydrogens is 326 g/mol. The second-order valence-corrected chi connectivity index (χ2v) is 8.39. The Morgan fingerprint density at radius 3 is 2.19 bits per heavy atom. The third-order valence-corrected chi connectivity index (χ3v) is 6.77. The van der Waals surface area contributed by atoms with Gasteiger partial charge in [0.2, 0.25) is 11.8 Å². The van der Waals surface area contributed by atoms with Crippen molar-refractivity contribution in [1.82, 2.24) is 10.2 Å². The summed E-state index contributed by atoms with van der Waals surface area (Å²) in [6, 6.07) is 8.42. The van der Waals surface area contributed by atoms with Crippen molar-refractivity contribution in [3.8, 4) is 0 Å². The lowest BCUT2D eigenvalue weighted by atomic mass is 9.71. The van der Waals surface area contributed by atoms with Gasteiger partial charge in [-0.05, 0) is 75.4 Å². The van der Waals surface area contributed by atoms with E-state index in [1.807, 2.05) is 0 Å². The molecule has 140 valence electrons. The fourth-order valence-corrected chi connectivity index (χ4v) is 4.76. The van der Waals surface area contributed by atoms with Crippen LogP contribution in [0.15, 0.2) is 24.3 Å². The fourth-order valence-electron chi connectivity index (χ4n) is 4.76. The summed E-state index contributed by atoms with van der Waals surface area (Å²) in [6.07, 6.45) is 6.30. The van der Waals surface area contributed by atoms with Gasteiger partial charge in [-0.25, -0.2) is 0 Å². The predicted molar refractivity (Wildman–Crippen MR) is 102 cm³/mol. The van der Waals surface area contributed by atoms with Crippen LogP contribution in [0.2, 0.25) is 0 Å². The van der Waals surface area contributed by atoms with E-state index in [0.717, 1.165) is 18.7 Å². The summed E-state index contributed by atoms with van der Waals surface area (Å²) < 4.78 is 0. The molecule has 1 aromatic rings. The Hall–Kier alpha value is -1.88. The predicted octanol–water partition coefficient (Wildman–Crippen LogP) is 2.52. The summed E-state index contributed by atoms with van der Waals surface area (Å²) in [5.41, 5.74) is 2.83. The molecule has 3 aliphatic heterocycles. The van der Waals surface area contributed by atoms with Crippen molar-refractivity contribution in [2.75, 3.05) is 38.1 Å². The molecule has 1 spiro atoms. The van der Waals surface area contributed by atoms with Gasteiger partial charge >= 0.3 is 0 Å². The van der Waals surface area contributed by atoms with Crippen LogP contribution in [0, 0.1) is 5.41 Å². The van der Waals surface area contributed by atoms with Crippen molar-refractivity contribution in [3.63, 3.8) is 0 Å². The molecule has 5 nitrogen and oxygen atoms in total. The van der Waals surface area contributed by atoms with Crippen LogP contribution in [0.3, 0.4) is 0 Å². The molecule has 0 radical (unpaired) electrons. The highest BCUT2D eigenvalue weighted by atomic mass is 16.2. The Morgan fingerprint density at radius 1 is 0.962 bits per heavy atom. The van der Waals surface area contributed by atoms with E-state index in [0.29, 0.717) is 18.3 Å². The van der Waals surface area contributed by atoms with Crippen LogP contribution in [0.25, 0.3) is 0 Å². The number of anilines is 1. The zero-order chi connectivity index (χ0) is 18.1. The Bertz CT molecular complexity index is 667. The number of nitrogens with zero attached hydrogens (tertiary/aromatic N) is 2. The Labute approximate surface area is 155 Å². The number of benzene rings is 1. The molecule has 3 heterocycles. The summed E-state index contributed by atoms with van der Waals surface area (Å²) in [6.45, 7) is 4.73. The molecule has 1 N–H and O–H groups in total. The maximum Gasteiger partial charge on any atom is 0.234 e. The fraction of sp³-hybridized carbons (Fsp3) is 0.619. The van der Waals surface area contributed by atoms with Gasteiger partial charge in [-0.1, -0.05) is 12.1 Å². The minimum atomic E-state index is -0.189. The van der Waals surface area contributed by atoms with E-state index in [9.17, 15) is 9.59 Å². The smallest absolute Gasteiger partial charge is 0.234 e. The molecule has 1 atom stereocenters. The van der Waals surface area contributed by atoms with Crippen molar-refractivity contribution in [2.45, 2.75) is 44.4 Å². The van der Waals surface area contributed by atoms with Gasteiger partial charge in [-0.2, -0.15) is 0 Å². The van der Waals surface area contributed by atoms with Gasteiger partial charge < -0.3 is 9.80 Å². The largest absolute Gasteiger partial charge is 0.371 e. The Balaban J connectivity index is 1.37. The van der Waals surface area contributed by atoms with E-state index in [1.165, 1.54) is 44.5 Å². The van der Waals surface area contributed by atoms with Gasteiger partial charge in [0.25, 0.3) is 0 Å². The zero-order valence-corrected chi connectivity index (χ0v) is 15.7. The van der Waals surface area contributed by atoms with Gasteiger partial charge in [-0.3, -0.25) is 14.9 Å². The number of nitrogens with one attached hydrogen (secondary N) is 1. The Kier molecular flexibility index (Phi) is 4.74. The van der Waals surface area contributed by atoms with Crippen LogP contribution < -0.4 is 10.2 Å². The number of carbonyl (C=O) groups is 2. The van der Waals surface area contributed by atoms with Crippen LogP contribution in [0.1, 0.15) is 50.0 Å². The van der Waals surface area contributed by atoms with Gasteiger partial charge in [-0.15, -0.1) is 0 Å². The van der Waals surface area contributed by atoms with Crippen molar-refractivity contribution in [3.05, 3.63) is 29.8 Å². The third-order valence-electron chi connectivity index (χ3n) is 6.77. The van der Waals surface area contributed by atoms with E-state index < -0.39 is 0 Å². The number of hydrogen-bond acceptors (Lipinski definition) is 4. The molecule has 0 bridgehead atoms. The molecule has 0 aliphatic carbocycles. The molecule has 3 aliphatic rings. The molecule has 3 fully saturated rings. The van der Waals surface area contributed by atoms with Gasteiger partial charge in [0.1, 0.15) is 0 Å². The summed E-state index contributed by atoms with van der Waals surface area (Å²) >= 11 is 0. The first kappa shape index (κ1) is 17.5. The summed E-state index contributed by atoms with van der Waals surface area (Å²) in [5.74, 6) is -0.499. The summed E-state index contributed by atoms with van der Waals surface area (Å²) in [5, 5.41) is 2.45. The van der Waals surface area contributed by atoms with Crippen LogP contribution >= 0.6 is 0 Å². The van der Waals surface area contributed by atoms with Crippen LogP contribution in [-0.4, -0.2) is 49.9 Å². The molecule has 3 saturated heterocycles. The highest BCUT2D eigenvalue weighted by Crippen LogP contribution is 2.42. The Morgan fingerprint density at radius 2 is 1.58 bits per heavy atom. The number of hydrogen-bond donors (Lipinski definition) is 1. The van der Waals surface area contributed by atoms with E-state index in [4.69, 9.17) is 0 Å². The van der Waals surface area contributed by atoms with E-state index >= 15 is 0 Å². The average molecular weight is 355 g/mol. The second-order valence-electron chi connectivity index (χ2n) is 8.39. The first-order valence-corrected chi connectivity index (χ1v) is 9.92. The quantitative estimate of drug-likeness (QED) is 0.829. The van der Waals surface area contributed by atoms with Gasteiger partial charge in [0, 0.05) is 25.2 Å². The normalized spacial score (nSPS) is 26.8. The summed E-state index contributed by atoms with van der Waals surface area (Å²) in [7, 11) is 2.23. The van der Waals surface area contributed by atoms with Crippen molar-refractivity contribution in [2.24, 2.45) is 5.41 Å². The maximum atomic E-state index is 12.0. The van der Waals surface area contributed by atoms with Crippen molar-refractivity contribution >= 4 is 17.5 Å². The lowest BCUT2D eigenvalue weighted by Gasteiger charge is -2.46. The van der Waals surface area contributed by atoms with E-state index in [2.05, 4.69) is 46.4 Å². The standard InChI is InChI=1S/C21H29N3O2/c1-23-12-8-21(9-13-23)10-14-24(15-11-21)17-4-2-16(3-5-17)18-6-7-19(25)22-20(18)26/h2-5,18H,6-15H2,1H3,(H,22,25,26). The minimum Gasteiger partial charge on any atom is -0.371 e. The first-order chi connectivity index (χ1) is 12.5. The molecule has 26 heavy (non-hydrogen) atoms. The number of amides is 2. The van der Waals surface area contributed by atoms with Crippen LogP contribution in [0.5, 0.6) is 0 Å². The average Bonchev–Trinajstić information content (AvgIpc) is 2.65. The number of imide groups is 1. The lowest BCUT2D eigenvalue weighted by molar-refractivity contribution is -0.134. The molecule has 4 rings (SSSR count). The van der Waals surface area contributed by atoms with Crippen molar-refractivity contribution in [1.29, 1.82) is 0 Å². The highest BCUT2D eigenvalue weighted by molar-refractivity contribution is 6.00. The molecule has 0 saturated carbocycles. The maximum absolute atomic E-state index is 12.0. The molecule has 1 unspecified atom stereocenters.